The van der Waals surface area contributed by atoms with Crippen molar-refractivity contribution in [3.05, 3.63) is 11.6 Å². The lowest BCUT2D eigenvalue weighted by molar-refractivity contribution is -0.132. The van der Waals surface area contributed by atoms with Crippen LogP contribution in [0.5, 0.6) is 0 Å². The minimum absolute atomic E-state index is 0.406. The quantitative estimate of drug-likeness (QED) is 0.608. The summed E-state index contributed by atoms with van der Waals surface area (Å²) in [6.07, 6.45) is 2.29. The van der Waals surface area contributed by atoms with Crippen LogP contribution in [-0.2, 0) is 9.53 Å². The van der Waals surface area contributed by atoms with Gasteiger partial charge in [-0.05, 0) is 6.42 Å². The summed E-state index contributed by atoms with van der Waals surface area (Å²) in [7, 11) is 0. The maximum atomic E-state index is 10.6. The molecule has 2 N–H and O–H groups in total. The number of ether oxygens (including phenoxy) is 1. The van der Waals surface area contributed by atoms with Gasteiger partial charge >= 0.3 is 5.97 Å². The van der Waals surface area contributed by atoms with E-state index in [0.29, 0.717) is 24.6 Å². The van der Waals surface area contributed by atoms with Gasteiger partial charge in [0.05, 0.1) is 19.3 Å². The SMILES string of the molecule is CCC(=CCNC1COC1)C(=O)O. The van der Waals surface area contributed by atoms with Crippen molar-refractivity contribution < 1.29 is 14.6 Å². The molecule has 4 heteroatoms. The fraction of sp³-hybridized carbons (Fsp3) is 0.667. The Kier molecular flexibility index (Phi) is 3.92. The van der Waals surface area contributed by atoms with E-state index in [0.717, 1.165) is 13.2 Å². The summed E-state index contributed by atoms with van der Waals surface area (Å²) in [6.45, 7) is 3.93. The Labute approximate surface area is 77.6 Å². The van der Waals surface area contributed by atoms with E-state index in [-0.39, 0.29) is 0 Å². The number of carboxylic acid groups (broad SMARTS) is 1. The van der Waals surface area contributed by atoms with Gasteiger partial charge in [-0.2, -0.15) is 0 Å². The molecule has 1 rings (SSSR count). The van der Waals surface area contributed by atoms with Crippen LogP contribution >= 0.6 is 0 Å². The number of aliphatic carboxylic acids is 1. The van der Waals surface area contributed by atoms with Crippen molar-refractivity contribution in [3.63, 3.8) is 0 Å². The predicted molar refractivity (Wildman–Crippen MR) is 48.6 cm³/mol. The van der Waals surface area contributed by atoms with Gasteiger partial charge in [0, 0.05) is 12.1 Å². The zero-order valence-corrected chi connectivity index (χ0v) is 7.75. The Morgan fingerprint density at radius 1 is 1.69 bits per heavy atom. The number of hydrogen-bond acceptors (Lipinski definition) is 3. The van der Waals surface area contributed by atoms with E-state index >= 15 is 0 Å². The molecular weight excluding hydrogens is 170 g/mol. The van der Waals surface area contributed by atoms with Crippen molar-refractivity contribution in [2.75, 3.05) is 19.8 Å². The van der Waals surface area contributed by atoms with Crippen LogP contribution in [0.1, 0.15) is 13.3 Å². The zero-order valence-electron chi connectivity index (χ0n) is 7.75. The van der Waals surface area contributed by atoms with E-state index in [4.69, 9.17) is 9.84 Å². The molecule has 0 spiro atoms. The highest BCUT2D eigenvalue weighted by Gasteiger charge is 2.16. The molecule has 1 fully saturated rings. The second-order valence-corrected chi connectivity index (χ2v) is 3.03. The molecule has 1 aliphatic rings. The minimum atomic E-state index is -0.825. The lowest BCUT2D eigenvalue weighted by atomic mass is 10.2. The van der Waals surface area contributed by atoms with Crippen LogP contribution in [0.4, 0.5) is 0 Å². The third-order valence-corrected chi connectivity index (χ3v) is 2.05. The van der Waals surface area contributed by atoms with Crippen LogP contribution in [0.15, 0.2) is 11.6 Å². The van der Waals surface area contributed by atoms with Crippen molar-refractivity contribution >= 4 is 5.97 Å². The smallest absolute Gasteiger partial charge is 0.331 e. The Morgan fingerprint density at radius 3 is 2.77 bits per heavy atom. The summed E-state index contributed by atoms with van der Waals surface area (Å²) in [5, 5.41) is 11.9. The van der Waals surface area contributed by atoms with E-state index in [1.807, 2.05) is 6.92 Å². The topological polar surface area (TPSA) is 58.6 Å². The summed E-state index contributed by atoms with van der Waals surface area (Å²) >= 11 is 0. The van der Waals surface area contributed by atoms with Gasteiger partial charge in [-0.25, -0.2) is 4.79 Å². The van der Waals surface area contributed by atoms with Crippen molar-refractivity contribution in [3.8, 4) is 0 Å². The normalized spacial score (nSPS) is 18.4. The molecule has 0 aliphatic carbocycles. The number of hydrogen-bond donors (Lipinski definition) is 2. The molecular formula is C9H15NO3. The molecule has 0 atom stereocenters. The van der Waals surface area contributed by atoms with E-state index in [1.165, 1.54) is 0 Å². The molecule has 0 aromatic heterocycles. The van der Waals surface area contributed by atoms with Gasteiger partial charge in [-0.1, -0.05) is 13.0 Å². The lowest BCUT2D eigenvalue weighted by Crippen LogP contribution is -2.45. The third kappa shape index (κ3) is 3.16. The standard InChI is InChI=1S/C9H15NO3/c1-2-7(9(11)12)3-4-10-8-5-13-6-8/h3,8,10H,2,4-6H2,1H3,(H,11,12). The van der Waals surface area contributed by atoms with Crippen LogP contribution < -0.4 is 5.32 Å². The number of carbonyl (C=O) groups is 1. The van der Waals surface area contributed by atoms with E-state index in [9.17, 15) is 4.79 Å². The molecule has 0 unspecified atom stereocenters. The monoisotopic (exact) mass is 185 g/mol. The molecule has 0 aromatic carbocycles. The summed E-state index contributed by atoms with van der Waals surface area (Å²) < 4.78 is 4.97. The largest absolute Gasteiger partial charge is 0.478 e. The highest BCUT2D eigenvalue weighted by molar-refractivity contribution is 5.86. The van der Waals surface area contributed by atoms with Crippen LogP contribution in [0.25, 0.3) is 0 Å². The Balaban J connectivity index is 2.22. The van der Waals surface area contributed by atoms with Gasteiger partial charge in [-0.15, -0.1) is 0 Å². The van der Waals surface area contributed by atoms with Crippen LogP contribution in [0.2, 0.25) is 0 Å². The van der Waals surface area contributed by atoms with E-state index in [1.54, 1.807) is 6.08 Å². The maximum Gasteiger partial charge on any atom is 0.331 e. The minimum Gasteiger partial charge on any atom is -0.478 e. The molecule has 13 heavy (non-hydrogen) atoms. The van der Waals surface area contributed by atoms with E-state index < -0.39 is 5.97 Å². The van der Waals surface area contributed by atoms with Crippen LogP contribution in [0, 0.1) is 0 Å². The summed E-state index contributed by atoms with van der Waals surface area (Å²) in [5.41, 5.74) is 0.466. The molecule has 1 aliphatic heterocycles. The van der Waals surface area contributed by atoms with Crippen LogP contribution in [0.3, 0.4) is 0 Å². The molecule has 0 aromatic rings. The van der Waals surface area contributed by atoms with Crippen LogP contribution in [-0.4, -0.2) is 36.9 Å². The average Bonchev–Trinajstić information content (AvgIpc) is 2.00. The van der Waals surface area contributed by atoms with Gasteiger partial charge in [0.25, 0.3) is 0 Å². The fourth-order valence-corrected chi connectivity index (χ4v) is 1.09. The molecule has 0 saturated carbocycles. The first-order valence-electron chi connectivity index (χ1n) is 4.47. The fourth-order valence-electron chi connectivity index (χ4n) is 1.09. The Bertz CT molecular complexity index is 209. The first-order valence-corrected chi connectivity index (χ1v) is 4.47. The number of rotatable bonds is 5. The number of nitrogens with one attached hydrogen (secondary N) is 1. The summed E-state index contributed by atoms with van der Waals surface area (Å²) in [5.74, 6) is -0.825. The summed E-state index contributed by atoms with van der Waals surface area (Å²) in [6, 6.07) is 0.406. The highest BCUT2D eigenvalue weighted by atomic mass is 16.5. The molecule has 0 amide bonds. The molecule has 1 heterocycles. The first kappa shape index (κ1) is 10.2. The number of carboxylic acids is 1. The van der Waals surface area contributed by atoms with Crippen molar-refractivity contribution in [2.45, 2.75) is 19.4 Å². The Morgan fingerprint density at radius 2 is 2.38 bits per heavy atom. The molecule has 4 nitrogen and oxygen atoms in total. The average molecular weight is 185 g/mol. The zero-order chi connectivity index (χ0) is 9.68. The summed E-state index contributed by atoms with van der Waals surface area (Å²) in [4.78, 5) is 10.6. The molecule has 74 valence electrons. The van der Waals surface area contributed by atoms with Gasteiger partial charge in [0.1, 0.15) is 0 Å². The van der Waals surface area contributed by atoms with E-state index in [2.05, 4.69) is 5.32 Å². The second kappa shape index (κ2) is 4.99. The van der Waals surface area contributed by atoms with Gasteiger partial charge < -0.3 is 15.2 Å². The molecule has 0 bridgehead atoms. The predicted octanol–water partition coefficient (Wildman–Crippen LogP) is 0.396. The van der Waals surface area contributed by atoms with Crippen molar-refractivity contribution in [1.29, 1.82) is 0 Å². The van der Waals surface area contributed by atoms with Gasteiger partial charge in [-0.3, -0.25) is 0 Å². The van der Waals surface area contributed by atoms with Gasteiger partial charge in [0.15, 0.2) is 0 Å². The van der Waals surface area contributed by atoms with Crippen molar-refractivity contribution in [2.24, 2.45) is 0 Å². The first-order chi connectivity index (χ1) is 6.24. The van der Waals surface area contributed by atoms with Gasteiger partial charge in [0.2, 0.25) is 0 Å². The third-order valence-electron chi connectivity index (χ3n) is 2.05. The molecule has 1 saturated heterocycles. The Hall–Kier alpha value is -0.870. The lowest BCUT2D eigenvalue weighted by Gasteiger charge is -2.26. The second-order valence-electron chi connectivity index (χ2n) is 3.03. The highest BCUT2D eigenvalue weighted by Crippen LogP contribution is 2.01. The maximum absolute atomic E-state index is 10.6. The van der Waals surface area contributed by atoms with Crippen molar-refractivity contribution in [1.82, 2.24) is 5.32 Å². The molecule has 0 radical (unpaired) electrons.